The molecular weight excluding hydrogens is 282 g/mol. The number of hydrogen-bond acceptors (Lipinski definition) is 4. The zero-order valence-electron chi connectivity index (χ0n) is 12.5. The van der Waals surface area contributed by atoms with E-state index in [0.717, 1.165) is 24.6 Å². The summed E-state index contributed by atoms with van der Waals surface area (Å²) in [4.78, 5) is 1.23. The van der Waals surface area contributed by atoms with Crippen molar-refractivity contribution in [1.29, 1.82) is 0 Å². The van der Waals surface area contributed by atoms with Gasteiger partial charge in [0.25, 0.3) is 0 Å². The molecule has 1 N–H and O–H groups in total. The fraction of sp³-hybridized carbons (Fsp3) is 0.438. The van der Waals surface area contributed by atoms with Crippen molar-refractivity contribution in [1.82, 2.24) is 15.1 Å². The minimum atomic E-state index is 0.117. The fourth-order valence-corrected chi connectivity index (χ4v) is 3.76. The summed E-state index contributed by atoms with van der Waals surface area (Å²) in [6.45, 7) is 6.03. The first-order chi connectivity index (χ1) is 10.3. The number of hydrogen-bond donors (Lipinski definition) is 1. The molecule has 0 radical (unpaired) electrons. The maximum absolute atomic E-state index is 6.25. The van der Waals surface area contributed by atoms with Crippen LogP contribution in [0.25, 0.3) is 0 Å². The van der Waals surface area contributed by atoms with Gasteiger partial charge in [-0.2, -0.15) is 5.10 Å². The lowest BCUT2D eigenvalue weighted by molar-refractivity contribution is 0.162. The van der Waals surface area contributed by atoms with E-state index in [1.54, 1.807) is 0 Å². The lowest BCUT2D eigenvalue weighted by Gasteiger charge is -2.32. The minimum absolute atomic E-state index is 0.117. The molecule has 0 fully saturated rings. The number of thioether (sulfide) groups is 1. The second kappa shape index (κ2) is 6.54. The van der Waals surface area contributed by atoms with Crippen LogP contribution in [0, 0.1) is 0 Å². The molecular formula is C16H21N3OS. The van der Waals surface area contributed by atoms with Gasteiger partial charge in [0, 0.05) is 23.4 Å². The Balaban J connectivity index is 1.86. The molecule has 0 aliphatic carbocycles. The number of ether oxygens (including phenoxy) is 1. The monoisotopic (exact) mass is 303 g/mol. The molecule has 21 heavy (non-hydrogen) atoms. The van der Waals surface area contributed by atoms with Gasteiger partial charge in [-0.05, 0) is 31.7 Å². The normalized spacial score (nSPS) is 18.9. The summed E-state index contributed by atoms with van der Waals surface area (Å²) in [6, 6.07) is 10.5. The van der Waals surface area contributed by atoms with Crippen LogP contribution in [0.5, 0.6) is 5.75 Å². The summed E-state index contributed by atoms with van der Waals surface area (Å²) in [7, 11) is 0. The van der Waals surface area contributed by atoms with Gasteiger partial charge < -0.3 is 10.1 Å². The lowest BCUT2D eigenvalue weighted by atomic mass is 10.1. The van der Waals surface area contributed by atoms with Gasteiger partial charge in [-0.15, -0.1) is 11.8 Å². The van der Waals surface area contributed by atoms with Crippen LogP contribution in [0.2, 0.25) is 0 Å². The average Bonchev–Trinajstić information content (AvgIpc) is 3.00. The van der Waals surface area contributed by atoms with Crippen LogP contribution in [0.1, 0.15) is 25.6 Å². The molecule has 0 saturated heterocycles. The maximum atomic E-state index is 6.25. The number of likely N-dealkylation sites (N-methyl/N-ethyl adjacent to an activating group) is 1. The van der Waals surface area contributed by atoms with Crippen molar-refractivity contribution < 1.29 is 4.74 Å². The van der Waals surface area contributed by atoms with E-state index in [1.165, 1.54) is 10.6 Å². The van der Waals surface area contributed by atoms with E-state index >= 15 is 0 Å². The number of aromatic nitrogens is 2. The van der Waals surface area contributed by atoms with E-state index in [2.05, 4.69) is 48.5 Å². The van der Waals surface area contributed by atoms with Gasteiger partial charge in [-0.3, -0.25) is 4.68 Å². The van der Waals surface area contributed by atoms with Crippen LogP contribution in [0.4, 0.5) is 0 Å². The maximum Gasteiger partial charge on any atom is 0.133 e. The average molecular weight is 303 g/mol. The van der Waals surface area contributed by atoms with E-state index < -0.39 is 0 Å². The summed E-state index contributed by atoms with van der Waals surface area (Å²) in [6.07, 6.45) is 1.99. The van der Waals surface area contributed by atoms with Crippen LogP contribution in [0.15, 0.2) is 41.4 Å². The van der Waals surface area contributed by atoms with Crippen LogP contribution in [0.3, 0.4) is 0 Å². The van der Waals surface area contributed by atoms with Crippen LogP contribution < -0.4 is 10.1 Å². The third-order valence-corrected chi connectivity index (χ3v) is 4.84. The largest absolute Gasteiger partial charge is 0.486 e. The minimum Gasteiger partial charge on any atom is -0.486 e. The molecule has 2 heterocycles. The topological polar surface area (TPSA) is 39.1 Å². The number of fused-ring (bicyclic) bond motifs is 1. The Morgan fingerprint density at radius 1 is 1.38 bits per heavy atom. The zero-order chi connectivity index (χ0) is 14.7. The first-order valence-corrected chi connectivity index (χ1v) is 8.45. The molecule has 2 unspecified atom stereocenters. The Bertz CT molecular complexity index is 599. The van der Waals surface area contributed by atoms with Gasteiger partial charge in [0.1, 0.15) is 11.9 Å². The summed E-state index contributed by atoms with van der Waals surface area (Å²) < 4.78 is 8.29. The van der Waals surface area contributed by atoms with Crippen molar-refractivity contribution in [2.75, 3.05) is 12.3 Å². The number of nitrogens with zero attached hydrogens (tertiary/aromatic N) is 2. The van der Waals surface area contributed by atoms with Crippen molar-refractivity contribution in [2.24, 2.45) is 0 Å². The summed E-state index contributed by atoms with van der Waals surface area (Å²) in [5, 5.41) is 7.95. The molecule has 0 saturated carbocycles. The molecule has 1 aromatic heterocycles. The number of aryl methyl sites for hydroxylation is 1. The van der Waals surface area contributed by atoms with Crippen molar-refractivity contribution in [3.8, 4) is 5.75 Å². The van der Waals surface area contributed by atoms with Gasteiger partial charge in [0.15, 0.2) is 0 Å². The first kappa shape index (κ1) is 14.5. The smallest absolute Gasteiger partial charge is 0.133 e. The SMILES string of the molecule is CCNC(c1ccnn1CC)C1CSc2ccccc2O1. The predicted molar refractivity (Wildman–Crippen MR) is 85.9 cm³/mol. The summed E-state index contributed by atoms with van der Waals surface area (Å²) in [5.41, 5.74) is 1.20. The van der Waals surface area contributed by atoms with Crippen molar-refractivity contribution in [2.45, 2.75) is 37.4 Å². The molecule has 2 atom stereocenters. The van der Waals surface area contributed by atoms with E-state index in [0.29, 0.717) is 0 Å². The molecule has 1 aromatic carbocycles. The third-order valence-electron chi connectivity index (χ3n) is 3.69. The highest BCUT2D eigenvalue weighted by molar-refractivity contribution is 7.99. The molecule has 3 rings (SSSR count). The van der Waals surface area contributed by atoms with Crippen LogP contribution in [-0.4, -0.2) is 28.2 Å². The number of nitrogens with one attached hydrogen (secondary N) is 1. The summed E-state index contributed by atoms with van der Waals surface area (Å²) in [5.74, 6) is 1.94. The highest BCUT2D eigenvalue weighted by Gasteiger charge is 2.30. The Morgan fingerprint density at radius 3 is 3.05 bits per heavy atom. The standard InChI is InChI=1S/C16H21N3OS/c1-3-17-16(12-9-10-18-19(12)4-2)14-11-21-15-8-6-5-7-13(15)20-14/h5-10,14,16-17H,3-4,11H2,1-2H3. The molecule has 4 nitrogen and oxygen atoms in total. The van der Waals surface area contributed by atoms with Gasteiger partial charge in [0.05, 0.1) is 11.7 Å². The second-order valence-corrected chi connectivity index (χ2v) is 6.08. The van der Waals surface area contributed by atoms with Gasteiger partial charge in [-0.1, -0.05) is 19.1 Å². The zero-order valence-corrected chi connectivity index (χ0v) is 13.3. The molecule has 112 valence electrons. The Labute approximate surface area is 129 Å². The van der Waals surface area contributed by atoms with Crippen LogP contribution in [-0.2, 0) is 6.54 Å². The van der Waals surface area contributed by atoms with Crippen molar-refractivity contribution in [3.63, 3.8) is 0 Å². The van der Waals surface area contributed by atoms with Gasteiger partial charge >= 0.3 is 0 Å². The predicted octanol–water partition coefficient (Wildman–Crippen LogP) is 3.11. The second-order valence-electron chi connectivity index (χ2n) is 5.02. The molecule has 1 aliphatic heterocycles. The number of rotatable bonds is 5. The molecule has 5 heteroatoms. The number of para-hydroxylation sites is 1. The third kappa shape index (κ3) is 2.94. The highest BCUT2D eigenvalue weighted by atomic mass is 32.2. The molecule has 2 aromatic rings. The van der Waals surface area contributed by atoms with Crippen LogP contribution >= 0.6 is 11.8 Å². The quantitative estimate of drug-likeness (QED) is 0.921. The fourth-order valence-electron chi connectivity index (χ4n) is 2.72. The van der Waals surface area contributed by atoms with Crippen molar-refractivity contribution in [3.05, 3.63) is 42.2 Å². The number of benzene rings is 1. The highest BCUT2D eigenvalue weighted by Crippen LogP contribution is 2.38. The molecule has 0 bridgehead atoms. The Kier molecular flexibility index (Phi) is 4.51. The van der Waals surface area contributed by atoms with E-state index in [4.69, 9.17) is 4.74 Å². The van der Waals surface area contributed by atoms with E-state index in [9.17, 15) is 0 Å². The molecule has 0 spiro atoms. The molecule has 1 aliphatic rings. The Hall–Kier alpha value is -1.46. The van der Waals surface area contributed by atoms with E-state index in [1.807, 2.05) is 28.7 Å². The Morgan fingerprint density at radius 2 is 2.24 bits per heavy atom. The first-order valence-electron chi connectivity index (χ1n) is 7.47. The summed E-state index contributed by atoms with van der Waals surface area (Å²) >= 11 is 1.87. The lowest BCUT2D eigenvalue weighted by Crippen LogP contribution is -2.40. The van der Waals surface area contributed by atoms with E-state index in [-0.39, 0.29) is 12.1 Å². The van der Waals surface area contributed by atoms with Gasteiger partial charge in [0.2, 0.25) is 0 Å². The molecule has 0 amide bonds. The van der Waals surface area contributed by atoms with Gasteiger partial charge in [-0.25, -0.2) is 0 Å². The van der Waals surface area contributed by atoms with Crippen molar-refractivity contribution >= 4 is 11.8 Å².